The maximum absolute atomic E-state index is 13.1. The van der Waals surface area contributed by atoms with Crippen LogP contribution in [0, 0.1) is 11.6 Å². The highest BCUT2D eigenvalue weighted by atomic mass is 32.2. The first-order valence-electron chi connectivity index (χ1n) is 5.90. The lowest BCUT2D eigenvalue weighted by Crippen LogP contribution is -2.29. The predicted octanol–water partition coefficient (Wildman–Crippen LogP) is 2.12. The smallest absolute Gasteiger partial charge is 0.241 e. The normalized spacial score (nSPS) is 13.3. The van der Waals surface area contributed by atoms with Crippen LogP contribution < -0.4 is 4.72 Å². The van der Waals surface area contributed by atoms with Crippen molar-refractivity contribution in [2.24, 2.45) is 0 Å². The van der Waals surface area contributed by atoms with E-state index in [1.807, 2.05) is 0 Å². The average Bonchev–Trinajstić information content (AvgIpc) is 2.93. The molecule has 1 heterocycles. The lowest BCUT2D eigenvalue weighted by molar-refractivity contribution is 0.502. The largest absolute Gasteiger partial charge is 0.347 e. The number of rotatable bonds is 5. The standard InChI is InChI=1S/C12H13F2N3O2S/c1-2-11(12-15-5-6-16-12)17-20(18,19)8-3-4-9(13)10(14)7-8/h3-7,11,17H,2H2,1H3,(H,15,16). The minimum absolute atomic E-state index is 0.332. The van der Waals surface area contributed by atoms with Crippen LogP contribution in [0.5, 0.6) is 0 Å². The summed E-state index contributed by atoms with van der Waals surface area (Å²) in [4.78, 5) is 6.46. The zero-order chi connectivity index (χ0) is 14.8. The van der Waals surface area contributed by atoms with Crippen LogP contribution in [0.15, 0.2) is 35.5 Å². The van der Waals surface area contributed by atoms with Crippen LogP contribution in [0.1, 0.15) is 25.2 Å². The third-order valence-electron chi connectivity index (χ3n) is 2.76. The minimum atomic E-state index is -3.95. The van der Waals surface area contributed by atoms with E-state index in [-0.39, 0.29) is 4.90 Å². The van der Waals surface area contributed by atoms with Gasteiger partial charge in [0.1, 0.15) is 5.82 Å². The van der Waals surface area contributed by atoms with Gasteiger partial charge in [-0.2, -0.15) is 0 Å². The van der Waals surface area contributed by atoms with Gasteiger partial charge in [0, 0.05) is 12.4 Å². The first-order valence-corrected chi connectivity index (χ1v) is 7.39. The molecule has 0 saturated heterocycles. The molecule has 0 aliphatic heterocycles. The molecule has 2 rings (SSSR count). The van der Waals surface area contributed by atoms with E-state index in [9.17, 15) is 17.2 Å². The van der Waals surface area contributed by atoms with Crippen LogP contribution in [0.25, 0.3) is 0 Å². The number of halogens is 2. The molecular weight excluding hydrogens is 288 g/mol. The molecule has 2 aromatic rings. The van der Waals surface area contributed by atoms with E-state index in [1.54, 1.807) is 13.1 Å². The topological polar surface area (TPSA) is 74.8 Å². The zero-order valence-corrected chi connectivity index (χ0v) is 11.4. The van der Waals surface area contributed by atoms with Crippen LogP contribution in [-0.2, 0) is 10.0 Å². The van der Waals surface area contributed by atoms with Crippen LogP contribution >= 0.6 is 0 Å². The van der Waals surface area contributed by atoms with Gasteiger partial charge in [-0.05, 0) is 24.6 Å². The van der Waals surface area contributed by atoms with Gasteiger partial charge in [0.2, 0.25) is 10.0 Å². The summed E-state index contributed by atoms with van der Waals surface area (Å²) in [7, 11) is -3.95. The van der Waals surface area contributed by atoms with Gasteiger partial charge in [0.05, 0.1) is 10.9 Å². The summed E-state index contributed by atoms with van der Waals surface area (Å²) in [6.45, 7) is 1.78. The van der Waals surface area contributed by atoms with Crippen molar-refractivity contribution in [3.63, 3.8) is 0 Å². The van der Waals surface area contributed by atoms with Crippen molar-refractivity contribution in [2.75, 3.05) is 0 Å². The van der Waals surface area contributed by atoms with E-state index in [2.05, 4.69) is 14.7 Å². The lowest BCUT2D eigenvalue weighted by Gasteiger charge is -2.15. The van der Waals surface area contributed by atoms with Crippen LogP contribution in [-0.4, -0.2) is 18.4 Å². The summed E-state index contributed by atoms with van der Waals surface area (Å²) < 4.78 is 52.6. The van der Waals surface area contributed by atoms with E-state index in [4.69, 9.17) is 0 Å². The molecule has 1 aromatic carbocycles. The van der Waals surface area contributed by atoms with E-state index < -0.39 is 27.7 Å². The molecule has 0 saturated carbocycles. The highest BCUT2D eigenvalue weighted by molar-refractivity contribution is 7.89. The Labute approximate surface area is 115 Å². The third-order valence-corrected chi connectivity index (χ3v) is 4.23. The van der Waals surface area contributed by atoms with Gasteiger partial charge in [-0.1, -0.05) is 6.92 Å². The summed E-state index contributed by atoms with van der Waals surface area (Å²) in [5.74, 6) is -1.85. The maximum Gasteiger partial charge on any atom is 0.241 e. The summed E-state index contributed by atoms with van der Waals surface area (Å²) in [6.07, 6.45) is 3.53. The number of sulfonamides is 1. The molecule has 0 fully saturated rings. The Bertz CT molecular complexity index is 687. The van der Waals surface area contributed by atoms with Gasteiger partial charge in [0.25, 0.3) is 0 Å². The Hall–Kier alpha value is -1.80. The van der Waals surface area contributed by atoms with E-state index in [1.165, 1.54) is 6.20 Å². The third kappa shape index (κ3) is 3.02. The molecule has 0 aliphatic rings. The van der Waals surface area contributed by atoms with Crippen molar-refractivity contribution in [1.29, 1.82) is 0 Å². The van der Waals surface area contributed by atoms with Crippen LogP contribution in [0.4, 0.5) is 8.78 Å². The van der Waals surface area contributed by atoms with Crippen molar-refractivity contribution in [3.05, 3.63) is 48.1 Å². The molecule has 108 valence electrons. The molecular formula is C12H13F2N3O2S. The molecule has 0 aliphatic carbocycles. The molecule has 8 heteroatoms. The number of H-pyrrole nitrogens is 1. The summed E-state index contributed by atoms with van der Waals surface area (Å²) >= 11 is 0. The number of hydrogen-bond acceptors (Lipinski definition) is 3. The fourth-order valence-electron chi connectivity index (χ4n) is 1.70. The van der Waals surface area contributed by atoms with E-state index >= 15 is 0 Å². The van der Waals surface area contributed by atoms with E-state index in [0.717, 1.165) is 12.1 Å². The molecule has 0 spiro atoms. The highest BCUT2D eigenvalue weighted by Crippen LogP contribution is 2.18. The van der Waals surface area contributed by atoms with Crippen molar-refractivity contribution in [2.45, 2.75) is 24.3 Å². The molecule has 2 N–H and O–H groups in total. The van der Waals surface area contributed by atoms with Crippen LogP contribution in [0.3, 0.4) is 0 Å². The quantitative estimate of drug-likeness (QED) is 0.888. The molecule has 5 nitrogen and oxygen atoms in total. The van der Waals surface area contributed by atoms with Crippen molar-refractivity contribution in [3.8, 4) is 0 Å². The zero-order valence-electron chi connectivity index (χ0n) is 10.6. The number of benzene rings is 1. The SMILES string of the molecule is CCC(NS(=O)(=O)c1ccc(F)c(F)c1)c1ncc[nH]1. The molecule has 1 unspecified atom stereocenters. The van der Waals surface area contributed by atoms with Crippen LogP contribution in [0.2, 0.25) is 0 Å². The summed E-state index contributed by atoms with van der Waals surface area (Å²) in [5.41, 5.74) is 0. The second-order valence-corrected chi connectivity index (χ2v) is 5.85. The van der Waals surface area contributed by atoms with E-state index in [0.29, 0.717) is 18.3 Å². The average molecular weight is 301 g/mol. The van der Waals surface area contributed by atoms with Gasteiger partial charge in [-0.3, -0.25) is 0 Å². The first kappa shape index (κ1) is 14.6. The molecule has 0 bridgehead atoms. The maximum atomic E-state index is 13.1. The molecule has 1 atom stereocenters. The van der Waals surface area contributed by atoms with Gasteiger partial charge in [-0.25, -0.2) is 26.9 Å². The Morgan fingerprint density at radius 2 is 2.10 bits per heavy atom. The Morgan fingerprint density at radius 3 is 2.65 bits per heavy atom. The van der Waals surface area contributed by atoms with Crippen molar-refractivity contribution < 1.29 is 17.2 Å². The monoisotopic (exact) mass is 301 g/mol. The Balaban J connectivity index is 2.28. The summed E-state index contributed by atoms with van der Waals surface area (Å²) in [6, 6.07) is 1.86. The molecule has 0 amide bonds. The first-order chi connectivity index (χ1) is 9.44. The second-order valence-electron chi connectivity index (χ2n) is 4.13. The second kappa shape index (κ2) is 5.68. The molecule has 0 radical (unpaired) electrons. The molecule has 20 heavy (non-hydrogen) atoms. The number of aromatic nitrogens is 2. The Morgan fingerprint density at radius 1 is 1.35 bits per heavy atom. The molecule has 1 aromatic heterocycles. The van der Waals surface area contributed by atoms with Crippen molar-refractivity contribution in [1.82, 2.24) is 14.7 Å². The number of hydrogen-bond donors (Lipinski definition) is 2. The van der Waals surface area contributed by atoms with Gasteiger partial charge in [0.15, 0.2) is 11.6 Å². The lowest BCUT2D eigenvalue weighted by atomic mass is 10.2. The fourth-order valence-corrected chi connectivity index (χ4v) is 2.99. The fraction of sp³-hybridized carbons (Fsp3) is 0.250. The van der Waals surface area contributed by atoms with Gasteiger partial charge >= 0.3 is 0 Å². The minimum Gasteiger partial charge on any atom is -0.347 e. The number of imidazole rings is 1. The number of nitrogens with zero attached hydrogens (tertiary/aromatic N) is 1. The van der Waals surface area contributed by atoms with Crippen molar-refractivity contribution >= 4 is 10.0 Å². The highest BCUT2D eigenvalue weighted by Gasteiger charge is 2.22. The van der Waals surface area contributed by atoms with Gasteiger partial charge < -0.3 is 4.98 Å². The Kier molecular flexibility index (Phi) is 4.15. The predicted molar refractivity (Wildman–Crippen MR) is 68.3 cm³/mol. The van der Waals surface area contributed by atoms with Gasteiger partial charge in [-0.15, -0.1) is 0 Å². The number of nitrogens with one attached hydrogen (secondary N) is 2. The summed E-state index contributed by atoms with van der Waals surface area (Å²) in [5, 5.41) is 0. The number of aromatic amines is 1.